The van der Waals surface area contributed by atoms with Gasteiger partial charge < -0.3 is 9.47 Å². The molecule has 0 fully saturated rings. The molecule has 2 rings (SSSR count). The number of carbonyl (C=O) groups is 1. The second-order valence-electron chi connectivity index (χ2n) is 5.28. The first-order valence-electron chi connectivity index (χ1n) is 8.19. The summed E-state index contributed by atoms with van der Waals surface area (Å²) in [6.07, 6.45) is 1.64. The molecule has 2 aromatic rings. The number of nitrogens with one attached hydrogen (secondary N) is 1. The van der Waals surface area contributed by atoms with Crippen LogP contribution in [0.25, 0.3) is 0 Å². The van der Waals surface area contributed by atoms with Crippen molar-refractivity contribution in [1.82, 2.24) is 5.43 Å². The van der Waals surface area contributed by atoms with E-state index in [1.165, 1.54) is 18.3 Å². The summed E-state index contributed by atoms with van der Waals surface area (Å²) in [5.74, 6) is 0.618. The third kappa shape index (κ3) is 5.84. The van der Waals surface area contributed by atoms with E-state index >= 15 is 0 Å². The lowest BCUT2D eigenvalue weighted by Crippen LogP contribution is -2.19. The van der Waals surface area contributed by atoms with Gasteiger partial charge in [0.15, 0.2) is 11.5 Å². The maximum atomic E-state index is 12.9. The van der Waals surface area contributed by atoms with Crippen molar-refractivity contribution in [2.75, 3.05) is 13.2 Å². The summed E-state index contributed by atoms with van der Waals surface area (Å²) >= 11 is 3.46. The summed E-state index contributed by atoms with van der Waals surface area (Å²) < 4.78 is 24.8. The van der Waals surface area contributed by atoms with Crippen LogP contribution in [0.3, 0.4) is 0 Å². The molecule has 7 heteroatoms. The molecule has 0 atom stereocenters. The largest absolute Gasteiger partial charge is 0.490 e. The molecule has 0 unspecified atom stereocenters. The molecule has 0 saturated heterocycles. The summed E-state index contributed by atoms with van der Waals surface area (Å²) in [6.45, 7) is 4.82. The van der Waals surface area contributed by atoms with Crippen molar-refractivity contribution < 1.29 is 18.7 Å². The lowest BCUT2D eigenvalue weighted by atomic mass is 10.1. The third-order valence-electron chi connectivity index (χ3n) is 3.33. The van der Waals surface area contributed by atoms with Crippen molar-refractivity contribution in [3.8, 4) is 11.5 Å². The molecule has 0 spiro atoms. The Morgan fingerprint density at radius 3 is 2.38 bits per heavy atom. The zero-order chi connectivity index (χ0) is 18.9. The SMILES string of the molecule is CCOc1cc(Br)c(/C=N/NC(=O)Cc2ccc(F)cc2)cc1OCC. The van der Waals surface area contributed by atoms with E-state index in [2.05, 4.69) is 26.5 Å². The van der Waals surface area contributed by atoms with Crippen LogP contribution in [0.4, 0.5) is 4.39 Å². The first-order valence-corrected chi connectivity index (χ1v) is 8.98. The molecule has 0 aliphatic rings. The van der Waals surface area contributed by atoms with Gasteiger partial charge in [0.25, 0.3) is 0 Å². The van der Waals surface area contributed by atoms with Crippen LogP contribution < -0.4 is 14.9 Å². The first-order chi connectivity index (χ1) is 12.5. The predicted octanol–water partition coefficient (Wildman–Crippen LogP) is 4.08. The van der Waals surface area contributed by atoms with E-state index in [-0.39, 0.29) is 18.1 Å². The van der Waals surface area contributed by atoms with E-state index < -0.39 is 0 Å². The number of carbonyl (C=O) groups excluding carboxylic acids is 1. The highest BCUT2D eigenvalue weighted by atomic mass is 79.9. The number of nitrogens with zero attached hydrogens (tertiary/aromatic N) is 1. The van der Waals surface area contributed by atoms with Crippen LogP contribution in [0.5, 0.6) is 11.5 Å². The third-order valence-corrected chi connectivity index (χ3v) is 4.02. The van der Waals surface area contributed by atoms with Crippen molar-refractivity contribution in [2.24, 2.45) is 5.10 Å². The van der Waals surface area contributed by atoms with Gasteiger partial charge in [-0.3, -0.25) is 4.79 Å². The minimum absolute atomic E-state index is 0.117. The molecule has 0 saturated carbocycles. The Bertz CT molecular complexity index is 779. The van der Waals surface area contributed by atoms with Gasteiger partial charge >= 0.3 is 0 Å². The van der Waals surface area contributed by atoms with Crippen LogP contribution in [0, 0.1) is 5.82 Å². The molecule has 5 nitrogen and oxygen atoms in total. The fourth-order valence-electron chi connectivity index (χ4n) is 2.19. The molecule has 0 aliphatic heterocycles. The van der Waals surface area contributed by atoms with Crippen molar-refractivity contribution >= 4 is 28.1 Å². The summed E-state index contributed by atoms with van der Waals surface area (Å²) in [7, 11) is 0. The standard InChI is InChI=1S/C19H20BrFN2O3/c1-3-25-17-10-14(16(20)11-18(17)26-4-2)12-22-23-19(24)9-13-5-7-15(21)8-6-13/h5-8,10-12H,3-4,9H2,1-2H3,(H,23,24)/b22-12+. The second-order valence-corrected chi connectivity index (χ2v) is 6.14. The molecule has 2 aromatic carbocycles. The Morgan fingerprint density at radius 1 is 1.15 bits per heavy atom. The monoisotopic (exact) mass is 422 g/mol. The van der Waals surface area contributed by atoms with Crippen molar-refractivity contribution in [1.29, 1.82) is 0 Å². The number of benzene rings is 2. The Labute approximate surface area is 160 Å². The first kappa shape index (κ1) is 19.9. The van der Waals surface area contributed by atoms with Gasteiger partial charge in [-0.1, -0.05) is 12.1 Å². The van der Waals surface area contributed by atoms with E-state index in [1.807, 2.05) is 13.8 Å². The van der Waals surface area contributed by atoms with Gasteiger partial charge in [-0.05, 0) is 59.6 Å². The van der Waals surface area contributed by atoms with Gasteiger partial charge in [0.05, 0.1) is 25.8 Å². The summed E-state index contributed by atoms with van der Waals surface area (Å²) in [4.78, 5) is 11.9. The number of amides is 1. The maximum absolute atomic E-state index is 12.9. The molecule has 0 bridgehead atoms. The number of hydrogen-bond donors (Lipinski definition) is 1. The number of hydrogen-bond acceptors (Lipinski definition) is 4. The Kier molecular flexibility index (Phi) is 7.59. The van der Waals surface area contributed by atoms with Crippen LogP contribution in [0.1, 0.15) is 25.0 Å². The summed E-state index contributed by atoms with van der Waals surface area (Å²) in [5, 5.41) is 3.97. The fourth-order valence-corrected chi connectivity index (χ4v) is 2.61. The van der Waals surface area contributed by atoms with Gasteiger partial charge in [0, 0.05) is 10.0 Å². The fraction of sp³-hybridized carbons (Fsp3) is 0.263. The Hall–Kier alpha value is -2.41. The van der Waals surface area contributed by atoms with Crippen molar-refractivity contribution in [3.63, 3.8) is 0 Å². The Balaban J connectivity index is 2.03. The van der Waals surface area contributed by atoms with Crippen molar-refractivity contribution in [3.05, 3.63) is 57.8 Å². The lowest BCUT2D eigenvalue weighted by Gasteiger charge is -2.12. The lowest BCUT2D eigenvalue weighted by molar-refractivity contribution is -0.120. The molecular weight excluding hydrogens is 403 g/mol. The number of halogens is 2. The molecule has 1 amide bonds. The van der Waals surface area contributed by atoms with E-state index in [4.69, 9.17) is 9.47 Å². The maximum Gasteiger partial charge on any atom is 0.244 e. The highest BCUT2D eigenvalue weighted by Gasteiger charge is 2.10. The normalized spacial score (nSPS) is 10.8. The number of ether oxygens (including phenoxy) is 2. The molecule has 26 heavy (non-hydrogen) atoms. The van der Waals surface area contributed by atoms with Crippen LogP contribution in [-0.4, -0.2) is 25.3 Å². The van der Waals surface area contributed by atoms with Gasteiger partial charge in [-0.2, -0.15) is 5.10 Å². The van der Waals surface area contributed by atoms with Crippen LogP contribution in [0.15, 0.2) is 46.0 Å². The second kappa shape index (κ2) is 9.91. The highest BCUT2D eigenvalue weighted by Crippen LogP contribution is 2.33. The molecule has 0 heterocycles. The Morgan fingerprint density at radius 2 is 1.77 bits per heavy atom. The number of hydrazone groups is 1. The summed E-state index contributed by atoms with van der Waals surface area (Å²) in [5.41, 5.74) is 3.90. The van der Waals surface area contributed by atoms with E-state index in [1.54, 1.807) is 24.3 Å². The highest BCUT2D eigenvalue weighted by molar-refractivity contribution is 9.10. The van der Waals surface area contributed by atoms with Gasteiger partial charge in [0.2, 0.25) is 5.91 Å². The molecule has 0 radical (unpaired) electrons. The van der Waals surface area contributed by atoms with Crippen LogP contribution in [0.2, 0.25) is 0 Å². The quantitative estimate of drug-likeness (QED) is 0.514. The van der Waals surface area contributed by atoms with Gasteiger partial charge in [-0.15, -0.1) is 0 Å². The van der Waals surface area contributed by atoms with Crippen LogP contribution in [-0.2, 0) is 11.2 Å². The average Bonchev–Trinajstić information content (AvgIpc) is 2.61. The minimum Gasteiger partial charge on any atom is -0.490 e. The molecule has 138 valence electrons. The van der Waals surface area contributed by atoms with Gasteiger partial charge in [0.1, 0.15) is 5.82 Å². The molecule has 0 aromatic heterocycles. The average molecular weight is 423 g/mol. The topological polar surface area (TPSA) is 59.9 Å². The predicted molar refractivity (Wildman–Crippen MR) is 102 cm³/mol. The smallest absolute Gasteiger partial charge is 0.244 e. The van der Waals surface area contributed by atoms with Gasteiger partial charge in [-0.25, -0.2) is 9.82 Å². The van der Waals surface area contributed by atoms with Crippen molar-refractivity contribution in [2.45, 2.75) is 20.3 Å². The minimum atomic E-state index is -0.336. The zero-order valence-corrected chi connectivity index (χ0v) is 16.2. The zero-order valence-electron chi connectivity index (χ0n) is 14.6. The summed E-state index contributed by atoms with van der Waals surface area (Å²) in [6, 6.07) is 9.35. The van der Waals surface area contributed by atoms with E-state index in [9.17, 15) is 9.18 Å². The number of rotatable bonds is 8. The van der Waals surface area contributed by atoms with E-state index in [0.717, 1.165) is 10.0 Å². The molecule has 0 aliphatic carbocycles. The van der Waals surface area contributed by atoms with Crippen LogP contribution >= 0.6 is 15.9 Å². The molecular formula is C19H20BrFN2O3. The molecule has 1 N–H and O–H groups in total. The van der Waals surface area contributed by atoms with E-state index in [0.29, 0.717) is 30.3 Å².